The lowest BCUT2D eigenvalue weighted by Gasteiger charge is -2.20. The first kappa shape index (κ1) is 17.4. The van der Waals surface area contributed by atoms with Crippen LogP contribution in [0.2, 0.25) is 10.0 Å². The molecule has 0 aliphatic rings. The minimum Gasteiger partial charge on any atom is -0.495 e. The van der Waals surface area contributed by atoms with Crippen molar-refractivity contribution in [3.05, 3.63) is 50.9 Å². The van der Waals surface area contributed by atoms with Gasteiger partial charge >= 0.3 is 0 Å². The van der Waals surface area contributed by atoms with E-state index in [1.54, 1.807) is 18.2 Å². The van der Waals surface area contributed by atoms with Crippen molar-refractivity contribution in [2.24, 2.45) is 0 Å². The zero-order chi connectivity index (χ0) is 16.5. The highest BCUT2D eigenvalue weighted by molar-refractivity contribution is 9.10. The van der Waals surface area contributed by atoms with E-state index in [0.29, 0.717) is 20.9 Å². The average molecular weight is 425 g/mol. The van der Waals surface area contributed by atoms with Gasteiger partial charge in [0, 0.05) is 11.5 Å². The van der Waals surface area contributed by atoms with Gasteiger partial charge in [-0.2, -0.15) is 0 Å². The molecule has 8 heteroatoms. The van der Waals surface area contributed by atoms with Crippen LogP contribution >= 0.6 is 39.1 Å². The Morgan fingerprint density at radius 2 is 1.77 bits per heavy atom. The predicted octanol–water partition coefficient (Wildman–Crippen LogP) is 4.59. The normalized spacial score (nSPS) is 11.3. The summed E-state index contributed by atoms with van der Waals surface area (Å²) in [5.41, 5.74) is 0.445. The first-order valence-corrected chi connectivity index (χ1v) is 9.04. The topological polar surface area (TPSA) is 46.6 Å². The van der Waals surface area contributed by atoms with Crippen molar-refractivity contribution in [1.82, 2.24) is 0 Å². The van der Waals surface area contributed by atoms with Gasteiger partial charge in [0.25, 0.3) is 10.0 Å². The maximum atomic E-state index is 12.7. The lowest BCUT2D eigenvalue weighted by Crippen LogP contribution is -2.26. The molecule has 0 aromatic heterocycles. The number of methoxy groups -OCH3 is 1. The molecular formula is C14H12BrCl2NO3S. The Kier molecular flexibility index (Phi) is 5.27. The Bertz CT molecular complexity index is 812. The lowest BCUT2D eigenvalue weighted by molar-refractivity contribution is 0.414. The zero-order valence-electron chi connectivity index (χ0n) is 11.7. The molecule has 0 aliphatic heterocycles. The Morgan fingerprint density at radius 1 is 1.09 bits per heavy atom. The van der Waals surface area contributed by atoms with Gasteiger partial charge in [0.1, 0.15) is 5.75 Å². The van der Waals surface area contributed by atoms with Crippen molar-refractivity contribution in [2.45, 2.75) is 4.90 Å². The third kappa shape index (κ3) is 3.35. The SMILES string of the molecule is COc1ccc(S(=O)(=O)N(C)c2ccc(Br)c(Cl)c2)cc1Cl. The van der Waals surface area contributed by atoms with Crippen LogP contribution in [0.15, 0.2) is 45.8 Å². The van der Waals surface area contributed by atoms with Crippen molar-refractivity contribution in [3.63, 3.8) is 0 Å². The first-order valence-electron chi connectivity index (χ1n) is 6.05. The van der Waals surface area contributed by atoms with E-state index in [-0.39, 0.29) is 9.92 Å². The minimum atomic E-state index is -3.75. The van der Waals surface area contributed by atoms with E-state index in [0.717, 1.165) is 4.31 Å². The first-order chi connectivity index (χ1) is 10.3. The van der Waals surface area contributed by atoms with E-state index in [2.05, 4.69) is 15.9 Å². The molecule has 0 saturated carbocycles. The number of rotatable bonds is 4. The molecule has 4 nitrogen and oxygen atoms in total. The fourth-order valence-corrected chi connectivity index (χ4v) is 3.74. The standard InChI is InChI=1S/C14H12BrCl2NO3S/c1-18(9-3-5-11(15)12(16)7-9)22(19,20)10-4-6-14(21-2)13(17)8-10/h3-8H,1-2H3. The second-order valence-corrected chi connectivity index (χ2v) is 8.01. The third-order valence-electron chi connectivity index (χ3n) is 3.05. The van der Waals surface area contributed by atoms with Crippen molar-refractivity contribution in [3.8, 4) is 5.75 Å². The van der Waals surface area contributed by atoms with Crippen LogP contribution in [-0.2, 0) is 10.0 Å². The largest absolute Gasteiger partial charge is 0.495 e. The highest BCUT2D eigenvalue weighted by Gasteiger charge is 2.23. The molecule has 22 heavy (non-hydrogen) atoms. The fourth-order valence-electron chi connectivity index (χ4n) is 1.79. The smallest absolute Gasteiger partial charge is 0.264 e. The van der Waals surface area contributed by atoms with Crippen LogP contribution in [0.25, 0.3) is 0 Å². The molecule has 0 amide bonds. The number of sulfonamides is 1. The van der Waals surface area contributed by atoms with Gasteiger partial charge in [0.05, 0.1) is 27.7 Å². The summed E-state index contributed by atoms with van der Waals surface area (Å²) in [5.74, 6) is 0.412. The van der Waals surface area contributed by atoms with E-state index in [1.807, 2.05) is 0 Å². The van der Waals surface area contributed by atoms with Gasteiger partial charge in [0.2, 0.25) is 0 Å². The maximum absolute atomic E-state index is 12.7. The van der Waals surface area contributed by atoms with Crippen molar-refractivity contribution >= 4 is 54.8 Å². The summed E-state index contributed by atoms with van der Waals surface area (Å²) < 4.78 is 32.2. The van der Waals surface area contributed by atoms with Crippen LogP contribution < -0.4 is 9.04 Å². The molecule has 118 valence electrons. The summed E-state index contributed by atoms with van der Waals surface area (Å²) in [4.78, 5) is 0.0693. The number of halogens is 3. The molecule has 2 aromatic carbocycles. The van der Waals surface area contributed by atoms with Gasteiger partial charge < -0.3 is 4.74 Å². The Morgan fingerprint density at radius 3 is 2.32 bits per heavy atom. The summed E-state index contributed by atoms with van der Waals surface area (Å²) in [7, 11) is -0.835. The molecular weight excluding hydrogens is 413 g/mol. The van der Waals surface area contributed by atoms with Gasteiger partial charge in [-0.05, 0) is 52.3 Å². The molecule has 0 saturated heterocycles. The number of hydrogen-bond acceptors (Lipinski definition) is 3. The second-order valence-electron chi connectivity index (χ2n) is 4.37. The van der Waals surface area contributed by atoms with Gasteiger partial charge in [-0.15, -0.1) is 0 Å². The van der Waals surface area contributed by atoms with Crippen LogP contribution in [0.4, 0.5) is 5.69 Å². The van der Waals surface area contributed by atoms with Crippen molar-refractivity contribution < 1.29 is 13.2 Å². The van der Waals surface area contributed by atoms with Gasteiger partial charge in [0.15, 0.2) is 0 Å². The summed E-state index contributed by atoms with van der Waals surface area (Å²) in [6.07, 6.45) is 0. The monoisotopic (exact) mass is 423 g/mol. The number of nitrogens with zero attached hydrogens (tertiary/aromatic N) is 1. The molecule has 2 rings (SSSR count). The fraction of sp³-hybridized carbons (Fsp3) is 0.143. The highest BCUT2D eigenvalue weighted by atomic mass is 79.9. The van der Waals surface area contributed by atoms with Crippen LogP contribution in [0.1, 0.15) is 0 Å². The average Bonchev–Trinajstić information content (AvgIpc) is 2.49. The molecule has 0 radical (unpaired) electrons. The molecule has 0 N–H and O–H groups in total. The molecule has 0 bridgehead atoms. The number of anilines is 1. The molecule has 0 heterocycles. The summed E-state index contributed by atoms with van der Waals surface area (Å²) in [6, 6.07) is 9.21. The van der Waals surface area contributed by atoms with Crippen LogP contribution in [0.5, 0.6) is 5.75 Å². The molecule has 0 unspecified atom stereocenters. The molecule has 0 spiro atoms. The van der Waals surface area contributed by atoms with Crippen LogP contribution in [0.3, 0.4) is 0 Å². The van der Waals surface area contributed by atoms with E-state index in [9.17, 15) is 8.42 Å². The van der Waals surface area contributed by atoms with Gasteiger partial charge in [-0.25, -0.2) is 8.42 Å². The van der Waals surface area contributed by atoms with Crippen molar-refractivity contribution in [2.75, 3.05) is 18.5 Å². The number of benzene rings is 2. The lowest BCUT2D eigenvalue weighted by atomic mass is 10.3. The maximum Gasteiger partial charge on any atom is 0.264 e. The summed E-state index contributed by atoms with van der Waals surface area (Å²) in [5, 5.41) is 0.651. The summed E-state index contributed by atoms with van der Waals surface area (Å²) in [6.45, 7) is 0. The number of ether oxygens (including phenoxy) is 1. The molecule has 2 aromatic rings. The Labute approximate surface area is 147 Å². The molecule has 0 atom stereocenters. The Hall–Kier alpha value is -0.950. The van der Waals surface area contributed by atoms with Gasteiger partial charge in [-0.1, -0.05) is 23.2 Å². The van der Waals surface area contributed by atoms with E-state index < -0.39 is 10.0 Å². The molecule has 0 aliphatic carbocycles. The van der Waals surface area contributed by atoms with Gasteiger partial charge in [-0.3, -0.25) is 4.31 Å². The van der Waals surface area contributed by atoms with Crippen LogP contribution in [0, 0.1) is 0 Å². The van der Waals surface area contributed by atoms with Crippen LogP contribution in [-0.4, -0.2) is 22.6 Å². The van der Waals surface area contributed by atoms with E-state index in [4.69, 9.17) is 27.9 Å². The molecule has 0 fully saturated rings. The Balaban J connectivity index is 2.44. The van der Waals surface area contributed by atoms with E-state index >= 15 is 0 Å². The minimum absolute atomic E-state index is 0.0693. The second kappa shape index (κ2) is 6.66. The van der Waals surface area contributed by atoms with Crippen molar-refractivity contribution in [1.29, 1.82) is 0 Å². The zero-order valence-corrected chi connectivity index (χ0v) is 15.6. The highest BCUT2D eigenvalue weighted by Crippen LogP contribution is 2.32. The number of hydrogen-bond donors (Lipinski definition) is 0. The quantitative estimate of drug-likeness (QED) is 0.720. The predicted molar refractivity (Wildman–Crippen MR) is 92.7 cm³/mol. The summed E-state index contributed by atoms with van der Waals surface area (Å²) >= 11 is 15.3. The third-order valence-corrected chi connectivity index (χ3v) is 6.36. The van der Waals surface area contributed by atoms with E-state index in [1.165, 1.54) is 32.4 Å².